The zero-order valence-electron chi connectivity index (χ0n) is 12.8. The molecule has 1 amide bonds. The second-order valence-electron chi connectivity index (χ2n) is 5.93. The highest BCUT2D eigenvalue weighted by molar-refractivity contribution is 7.13. The number of hydroxylamine groups is 1. The number of thiazole rings is 1. The highest BCUT2D eigenvalue weighted by Gasteiger charge is 2.42. The number of hydrogen-bond acceptors (Lipinski definition) is 5. The van der Waals surface area contributed by atoms with Crippen LogP contribution >= 0.6 is 11.3 Å². The summed E-state index contributed by atoms with van der Waals surface area (Å²) >= 11 is 0.911. The lowest BCUT2D eigenvalue weighted by molar-refractivity contribution is -0.140. The van der Waals surface area contributed by atoms with Crippen LogP contribution in [-0.2, 0) is 18.3 Å². The Labute approximate surface area is 139 Å². The van der Waals surface area contributed by atoms with Crippen molar-refractivity contribution in [1.29, 1.82) is 0 Å². The maximum absolute atomic E-state index is 12.8. The summed E-state index contributed by atoms with van der Waals surface area (Å²) in [7, 11) is 0. The van der Waals surface area contributed by atoms with Crippen molar-refractivity contribution in [1.82, 2.24) is 10.5 Å². The third-order valence-corrected chi connectivity index (χ3v) is 5.05. The molecule has 2 aromatic rings. The maximum atomic E-state index is 12.8. The molecule has 2 N–H and O–H groups in total. The summed E-state index contributed by atoms with van der Waals surface area (Å²) in [5.74, 6) is -0.653. The average Bonchev–Trinajstić information content (AvgIpc) is 3.09. The molecule has 24 heavy (non-hydrogen) atoms. The minimum atomic E-state index is -4.49. The van der Waals surface area contributed by atoms with Crippen molar-refractivity contribution >= 4 is 22.4 Å². The van der Waals surface area contributed by atoms with E-state index in [0.717, 1.165) is 22.3 Å². The number of benzene rings is 1. The van der Waals surface area contributed by atoms with Crippen LogP contribution < -0.4 is 10.4 Å². The van der Waals surface area contributed by atoms with Crippen LogP contribution in [0, 0.1) is 0 Å². The number of carbonyl (C=O) groups is 1. The molecule has 1 aromatic carbocycles. The molecule has 1 aromatic heterocycles. The number of fused-ring (bicyclic) bond motifs is 1. The standard InChI is InChI=1S/C15H14F3N3O2S/c1-14(2)10-5-3-4-8(12(22)20-23)9(10)6-21(14)13-19-11(7-24-13)15(16,17)18/h3-5,7,23H,6H2,1-2H3,(H,20,22). The van der Waals surface area contributed by atoms with Gasteiger partial charge in [0.25, 0.3) is 5.91 Å². The SMILES string of the molecule is CC1(C)c2cccc(C(=O)NO)c2CN1c1nc(C(F)(F)F)cs1. The third kappa shape index (κ3) is 2.53. The van der Waals surface area contributed by atoms with E-state index in [-0.39, 0.29) is 17.2 Å². The van der Waals surface area contributed by atoms with Gasteiger partial charge in [-0.05, 0) is 31.0 Å². The molecule has 3 rings (SSSR count). The average molecular weight is 357 g/mol. The fourth-order valence-electron chi connectivity index (χ4n) is 2.93. The zero-order chi connectivity index (χ0) is 17.7. The Bertz CT molecular complexity index is 802. The van der Waals surface area contributed by atoms with Gasteiger partial charge in [0, 0.05) is 17.5 Å². The van der Waals surface area contributed by atoms with E-state index in [4.69, 9.17) is 5.21 Å². The van der Waals surface area contributed by atoms with Gasteiger partial charge < -0.3 is 4.90 Å². The Morgan fingerprint density at radius 2 is 2.12 bits per heavy atom. The van der Waals surface area contributed by atoms with Crippen molar-refractivity contribution in [2.75, 3.05) is 4.90 Å². The molecule has 0 aliphatic carbocycles. The number of halogens is 3. The van der Waals surface area contributed by atoms with Crippen LogP contribution in [0.15, 0.2) is 23.6 Å². The van der Waals surface area contributed by atoms with Gasteiger partial charge in [-0.1, -0.05) is 12.1 Å². The first-order valence-electron chi connectivity index (χ1n) is 7.03. The summed E-state index contributed by atoms with van der Waals surface area (Å²) in [6.07, 6.45) is -4.49. The smallest absolute Gasteiger partial charge is 0.335 e. The van der Waals surface area contributed by atoms with Crippen LogP contribution in [0.1, 0.15) is 41.0 Å². The molecule has 0 unspecified atom stereocenters. The van der Waals surface area contributed by atoms with Crippen LogP contribution in [0.25, 0.3) is 0 Å². The van der Waals surface area contributed by atoms with E-state index in [9.17, 15) is 18.0 Å². The lowest BCUT2D eigenvalue weighted by atomic mass is 9.91. The number of nitrogens with zero attached hydrogens (tertiary/aromatic N) is 2. The Kier molecular flexibility index (Phi) is 3.80. The fourth-order valence-corrected chi connectivity index (χ4v) is 3.90. The number of carbonyl (C=O) groups excluding carboxylic acids is 1. The van der Waals surface area contributed by atoms with Crippen LogP contribution in [0.4, 0.5) is 18.3 Å². The molecule has 0 fully saturated rings. The predicted molar refractivity (Wildman–Crippen MR) is 82.0 cm³/mol. The van der Waals surface area contributed by atoms with Crippen molar-refractivity contribution < 1.29 is 23.2 Å². The topological polar surface area (TPSA) is 65.5 Å². The van der Waals surface area contributed by atoms with E-state index in [1.165, 1.54) is 0 Å². The monoisotopic (exact) mass is 357 g/mol. The first-order valence-corrected chi connectivity index (χ1v) is 7.91. The van der Waals surface area contributed by atoms with Gasteiger partial charge in [0.05, 0.1) is 5.54 Å². The summed E-state index contributed by atoms with van der Waals surface area (Å²) in [4.78, 5) is 17.3. The molecule has 0 radical (unpaired) electrons. The molecule has 128 valence electrons. The summed E-state index contributed by atoms with van der Waals surface area (Å²) in [5.41, 5.74) is 1.80. The number of hydrogen-bond donors (Lipinski definition) is 2. The largest absolute Gasteiger partial charge is 0.434 e. The quantitative estimate of drug-likeness (QED) is 0.637. The highest BCUT2D eigenvalue weighted by atomic mass is 32.1. The van der Waals surface area contributed by atoms with E-state index in [1.54, 1.807) is 22.5 Å². The van der Waals surface area contributed by atoms with Crippen molar-refractivity contribution in [3.63, 3.8) is 0 Å². The van der Waals surface area contributed by atoms with E-state index in [2.05, 4.69) is 4.98 Å². The van der Waals surface area contributed by atoms with Gasteiger partial charge in [-0.25, -0.2) is 10.5 Å². The van der Waals surface area contributed by atoms with Crippen molar-refractivity contribution in [3.8, 4) is 0 Å². The van der Waals surface area contributed by atoms with Crippen LogP contribution in [0.2, 0.25) is 0 Å². The van der Waals surface area contributed by atoms with Crippen molar-refractivity contribution in [2.45, 2.75) is 32.1 Å². The molecule has 1 aliphatic rings. The predicted octanol–water partition coefficient (Wildman–Crippen LogP) is 3.54. The maximum Gasteiger partial charge on any atom is 0.434 e. The lowest BCUT2D eigenvalue weighted by Gasteiger charge is -2.32. The Hall–Kier alpha value is -2.13. The molecule has 9 heteroatoms. The molecule has 2 heterocycles. The molecule has 0 bridgehead atoms. The van der Waals surface area contributed by atoms with Crippen molar-refractivity contribution in [2.24, 2.45) is 0 Å². The molecule has 0 spiro atoms. The van der Waals surface area contributed by atoms with E-state index < -0.39 is 23.3 Å². The zero-order valence-corrected chi connectivity index (χ0v) is 13.6. The second-order valence-corrected chi connectivity index (χ2v) is 6.77. The van der Waals surface area contributed by atoms with E-state index in [0.29, 0.717) is 5.56 Å². The molecule has 1 aliphatic heterocycles. The highest BCUT2D eigenvalue weighted by Crippen LogP contribution is 2.45. The molecule has 0 saturated heterocycles. The number of alkyl halides is 3. The van der Waals surface area contributed by atoms with Gasteiger partial charge >= 0.3 is 6.18 Å². The molecular weight excluding hydrogens is 343 g/mol. The van der Waals surface area contributed by atoms with Gasteiger partial charge in [0.15, 0.2) is 10.8 Å². The molecule has 0 saturated carbocycles. The van der Waals surface area contributed by atoms with Gasteiger partial charge in [-0.3, -0.25) is 10.0 Å². The summed E-state index contributed by atoms with van der Waals surface area (Å²) < 4.78 is 38.4. The summed E-state index contributed by atoms with van der Waals surface area (Å²) in [5, 5.41) is 10.1. The number of rotatable bonds is 2. The lowest BCUT2D eigenvalue weighted by Crippen LogP contribution is -2.35. The van der Waals surface area contributed by atoms with Gasteiger partial charge in [-0.15, -0.1) is 11.3 Å². The first-order chi connectivity index (χ1) is 11.2. The van der Waals surface area contributed by atoms with Crippen LogP contribution in [0.5, 0.6) is 0 Å². The van der Waals surface area contributed by atoms with E-state index in [1.807, 2.05) is 19.9 Å². The molecular formula is C15H14F3N3O2S. The Morgan fingerprint density at radius 3 is 2.71 bits per heavy atom. The minimum absolute atomic E-state index is 0.233. The Balaban J connectivity index is 2.04. The number of nitrogens with one attached hydrogen (secondary N) is 1. The number of anilines is 1. The first kappa shape index (κ1) is 16.7. The number of amides is 1. The fraction of sp³-hybridized carbons (Fsp3) is 0.333. The second kappa shape index (κ2) is 5.45. The van der Waals surface area contributed by atoms with Gasteiger partial charge in [0.1, 0.15) is 0 Å². The van der Waals surface area contributed by atoms with E-state index >= 15 is 0 Å². The normalized spacial score (nSPS) is 16.2. The van der Waals surface area contributed by atoms with Crippen molar-refractivity contribution in [3.05, 3.63) is 46.0 Å². The molecule has 0 atom stereocenters. The minimum Gasteiger partial charge on any atom is -0.335 e. The molecule has 5 nitrogen and oxygen atoms in total. The van der Waals surface area contributed by atoms with Gasteiger partial charge in [0.2, 0.25) is 0 Å². The number of aromatic nitrogens is 1. The summed E-state index contributed by atoms with van der Waals surface area (Å²) in [6, 6.07) is 5.06. The Morgan fingerprint density at radius 1 is 1.42 bits per heavy atom. The van der Waals surface area contributed by atoms with Crippen LogP contribution in [0.3, 0.4) is 0 Å². The van der Waals surface area contributed by atoms with Gasteiger partial charge in [-0.2, -0.15) is 13.2 Å². The summed E-state index contributed by atoms with van der Waals surface area (Å²) in [6.45, 7) is 3.94. The third-order valence-electron chi connectivity index (χ3n) is 4.19. The van der Waals surface area contributed by atoms with Crippen LogP contribution in [-0.4, -0.2) is 16.1 Å².